The van der Waals surface area contributed by atoms with E-state index in [9.17, 15) is 8.42 Å². The summed E-state index contributed by atoms with van der Waals surface area (Å²) < 4.78 is 27.1. The summed E-state index contributed by atoms with van der Waals surface area (Å²) in [5.41, 5.74) is 0. The van der Waals surface area contributed by atoms with E-state index in [1.165, 1.54) is 0 Å². The van der Waals surface area contributed by atoms with Crippen molar-refractivity contribution in [2.45, 2.75) is 13.0 Å². The van der Waals surface area contributed by atoms with Crippen molar-refractivity contribution in [2.75, 3.05) is 12.3 Å². The lowest BCUT2D eigenvalue weighted by Gasteiger charge is -2.01. The SMILES string of the molecule is NS(=O)(=O)CCCNCc1ccc(Br)o1. The van der Waals surface area contributed by atoms with Crippen LogP contribution < -0.4 is 10.5 Å². The van der Waals surface area contributed by atoms with Crippen LogP contribution in [0.2, 0.25) is 0 Å². The molecule has 5 nitrogen and oxygen atoms in total. The smallest absolute Gasteiger partial charge is 0.209 e. The quantitative estimate of drug-likeness (QED) is 0.761. The predicted molar refractivity (Wildman–Crippen MR) is 60.7 cm³/mol. The van der Waals surface area contributed by atoms with E-state index >= 15 is 0 Å². The fraction of sp³-hybridized carbons (Fsp3) is 0.500. The fourth-order valence-electron chi connectivity index (χ4n) is 1.06. The van der Waals surface area contributed by atoms with Gasteiger partial charge < -0.3 is 9.73 Å². The molecule has 0 saturated heterocycles. The number of primary sulfonamides is 1. The Labute approximate surface area is 97.2 Å². The number of halogens is 1. The second-order valence-electron chi connectivity index (χ2n) is 3.10. The van der Waals surface area contributed by atoms with Crippen LogP contribution in [0.5, 0.6) is 0 Å². The van der Waals surface area contributed by atoms with Crippen LogP contribution in [0.15, 0.2) is 21.2 Å². The number of hydrogen-bond acceptors (Lipinski definition) is 4. The van der Waals surface area contributed by atoms with E-state index in [1.807, 2.05) is 6.07 Å². The van der Waals surface area contributed by atoms with Gasteiger partial charge in [-0.3, -0.25) is 0 Å². The van der Waals surface area contributed by atoms with Gasteiger partial charge in [0, 0.05) is 0 Å². The van der Waals surface area contributed by atoms with Gasteiger partial charge in [0.25, 0.3) is 0 Å². The van der Waals surface area contributed by atoms with Crippen LogP contribution >= 0.6 is 15.9 Å². The second kappa shape index (κ2) is 5.64. The lowest BCUT2D eigenvalue weighted by atomic mass is 10.4. The lowest BCUT2D eigenvalue weighted by Crippen LogP contribution is -2.21. The second-order valence-corrected chi connectivity index (χ2v) is 5.62. The highest BCUT2D eigenvalue weighted by molar-refractivity contribution is 9.10. The lowest BCUT2D eigenvalue weighted by molar-refractivity contribution is 0.465. The van der Waals surface area contributed by atoms with Gasteiger partial charge in [-0.15, -0.1) is 0 Å². The van der Waals surface area contributed by atoms with Crippen molar-refractivity contribution in [3.05, 3.63) is 22.6 Å². The number of hydrogen-bond donors (Lipinski definition) is 2. The number of furan rings is 1. The zero-order chi connectivity index (χ0) is 11.3. The van der Waals surface area contributed by atoms with E-state index in [2.05, 4.69) is 21.2 Å². The highest BCUT2D eigenvalue weighted by Crippen LogP contribution is 2.13. The Morgan fingerprint density at radius 1 is 1.47 bits per heavy atom. The minimum absolute atomic E-state index is 0.00183. The summed E-state index contributed by atoms with van der Waals surface area (Å²) in [4.78, 5) is 0. The monoisotopic (exact) mass is 296 g/mol. The summed E-state index contributed by atoms with van der Waals surface area (Å²) in [6.07, 6.45) is 0.501. The van der Waals surface area contributed by atoms with Crippen LogP contribution in [0, 0.1) is 0 Å². The van der Waals surface area contributed by atoms with E-state index in [0.29, 0.717) is 24.2 Å². The van der Waals surface area contributed by atoms with E-state index in [0.717, 1.165) is 5.76 Å². The summed E-state index contributed by atoms with van der Waals surface area (Å²) in [6.45, 7) is 1.17. The standard InChI is InChI=1S/C8H13BrN2O3S/c9-8-3-2-7(14-8)6-11-4-1-5-15(10,12)13/h2-3,11H,1,4-6H2,(H2,10,12,13). The average Bonchev–Trinajstić information content (AvgIpc) is 2.49. The van der Waals surface area contributed by atoms with Gasteiger partial charge in [-0.05, 0) is 41.0 Å². The van der Waals surface area contributed by atoms with Crippen LogP contribution in [0.1, 0.15) is 12.2 Å². The molecule has 1 aromatic rings. The van der Waals surface area contributed by atoms with Crippen molar-refractivity contribution in [3.8, 4) is 0 Å². The minimum Gasteiger partial charge on any atom is -0.453 e. The zero-order valence-electron chi connectivity index (χ0n) is 8.07. The molecule has 0 fully saturated rings. The van der Waals surface area contributed by atoms with E-state index < -0.39 is 10.0 Å². The summed E-state index contributed by atoms with van der Waals surface area (Å²) in [7, 11) is -3.34. The topological polar surface area (TPSA) is 85.3 Å². The van der Waals surface area contributed by atoms with Gasteiger partial charge in [-0.2, -0.15) is 0 Å². The van der Waals surface area contributed by atoms with Gasteiger partial charge in [-0.1, -0.05) is 0 Å². The molecule has 0 spiro atoms. The van der Waals surface area contributed by atoms with E-state index in [-0.39, 0.29) is 5.75 Å². The molecule has 0 aliphatic rings. The first kappa shape index (κ1) is 12.7. The molecule has 86 valence electrons. The van der Waals surface area contributed by atoms with Crippen LogP contribution in [-0.2, 0) is 16.6 Å². The maximum Gasteiger partial charge on any atom is 0.209 e. The van der Waals surface area contributed by atoms with Crippen LogP contribution in [0.25, 0.3) is 0 Å². The molecule has 1 aromatic heterocycles. The van der Waals surface area contributed by atoms with Gasteiger partial charge in [-0.25, -0.2) is 13.6 Å². The van der Waals surface area contributed by atoms with Crippen molar-refractivity contribution in [1.29, 1.82) is 0 Å². The van der Waals surface area contributed by atoms with Crippen molar-refractivity contribution >= 4 is 26.0 Å². The van der Waals surface area contributed by atoms with Crippen molar-refractivity contribution in [1.82, 2.24) is 5.32 Å². The van der Waals surface area contributed by atoms with Gasteiger partial charge in [0.05, 0.1) is 12.3 Å². The molecule has 0 aliphatic heterocycles. The predicted octanol–water partition coefficient (Wildman–Crippen LogP) is 0.810. The molecule has 1 heterocycles. The molecule has 0 bridgehead atoms. The van der Waals surface area contributed by atoms with Crippen molar-refractivity contribution < 1.29 is 12.8 Å². The maximum absolute atomic E-state index is 10.6. The molecule has 3 N–H and O–H groups in total. The normalized spacial score (nSPS) is 11.9. The van der Waals surface area contributed by atoms with Gasteiger partial charge in [0.1, 0.15) is 5.76 Å². The molecule has 0 aliphatic carbocycles. The summed E-state index contributed by atoms with van der Waals surface area (Å²) in [6, 6.07) is 3.65. The highest BCUT2D eigenvalue weighted by Gasteiger charge is 2.02. The molecule has 0 atom stereocenters. The highest BCUT2D eigenvalue weighted by atomic mass is 79.9. The largest absolute Gasteiger partial charge is 0.453 e. The molecular weight excluding hydrogens is 284 g/mol. The molecule has 0 amide bonds. The van der Waals surface area contributed by atoms with Crippen LogP contribution in [-0.4, -0.2) is 20.7 Å². The van der Waals surface area contributed by atoms with Crippen LogP contribution in [0.3, 0.4) is 0 Å². The van der Waals surface area contributed by atoms with Gasteiger partial charge in [0.15, 0.2) is 4.67 Å². The van der Waals surface area contributed by atoms with E-state index in [4.69, 9.17) is 9.56 Å². The third-order valence-corrected chi connectivity index (χ3v) is 2.99. The maximum atomic E-state index is 10.6. The fourth-order valence-corrected chi connectivity index (χ4v) is 1.94. The Balaban J connectivity index is 2.12. The molecule has 1 rings (SSSR count). The number of sulfonamides is 1. The van der Waals surface area contributed by atoms with Crippen molar-refractivity contribution in [3.63, 3.8) is 0 Å². The molecular formula is C8H13BrN2O3S. The molecule has 7 heteroatoms. The average molecular weight is 297 g/mol. The summed E-state index contributed by atoms with van der Waals surface area (Å²) in [5, 5.41) is 7.90. The van der Waals surface area contributed by atoms with Crippen LogP contribution in [0.4, 0.5) is 0 Å². The molecule has 15 heavy (non-hydrogen) atoms. The molecule has 0 aromatic carbocycles. The third-order valence-electron chi connectivity index (χ3n) is 1.71. The first-order chi connectivity index (χ1) is 6.97. The first-order valence-electron chi connectivity index (χ1n) is 4.43. The minimum atomic E-state index is -3.34. The summed E-state index contributed by atoms with van der Waals surface area (Å²) >= 11 is 3.19. The van der Waals surface area contributed by atoms with Crippen molar-refractivity contribution in [2.24, 2.45) is 5.14 Å². The molecule has 0 unspecified atom stereocenters. The first-order valence-corrected chi connectivity index (χ1v) is 6.93. The molecule has 0 saturated carbocycles. The Bertz CT molecular complexity index is 402. The Morgan fingerprint density at radius 2 is 2.20 bits per heavy atom. The summed E-state index contributed by atoms with van der Waals surface area (Å²) in [5.74, 6) is 0.805. The number of nitrogens with two attached hydrogens (primary N) is 1. The van der Waals surface area contributed by atoms with Gasteiger partial charge in [0.2, 0.25) is 10.0 Å². The van der Waals surface area contributed by atoms with E-state index in [1.54, 1.807) is 6.07 Å². The van der Waals surface area contributed by atoms with Gasteiger partial charge >= 0.3 is 0 Å². The number of nitrogens with one attached hydrogen (secondary N) is 1. The Morgan fingerprint density at radius 3 is 2.73 bits per heavy atom. The Hall–Kier alpha value is -0.370. The zero-order valence-corrected chi connectivity index (χ0v) is 10.5. The molecule has 0 radical (unpaired) electrons. The third kappa shape index (κ3) is 5.93. The number of rotatable bonds is 6. The Kier molecular flexibility index (Phi) is 4.78.